The fourth-order valence-electron chi connectivity index (χ4n) is 2.70. The summed E-state index contributed by atoms with van der Waals surface area (Å²) in [4.78, 5) is 14.2. The highest BCUT2D eigenvalue weighted by Crippen LogP contribution is 2.28. The highest BCUT2D eigenvalue weighted by molar-refractivity contribution is 5.83. The first kappa shape index (κ1) is 18.8. The lowest BCUT2D eigenvalue weighted by Crippen LogP contribution is -2.31. The van der Waals surface area contributed by atoms with E-state index in [1.165, 1.54) is 23.1 Å². The maximum atomic E-state index is 12.7. The summed E-state index contributed by atoms with van der Waals surface area (Å²) in [7, 11) is 1.58. The van der Waals surface area contributed by atoms with Gasteiger partial charge in [0.15, 0.2) is 0 Å². The quantitative estimate of drug-likeness (QED) is 0.752. The third-order valence-corrected chi connectivity index (χ3v) is 3.89. The molecule has 0 aliphatic heterocycles. The van der Waals surface area contributed by atoms with Gasteiger partial charge in [-0.2, -0.15) is 0 Å². The van der Waals surface area contributed by atoms with Gasteiger partial charge in [0.25, 0.3) is 0 Å². The number of likely N-dealkylation sites (N-methyl/N-ethyl adjacent to an activating group) is 1. The Labute approximate surface area is 145 Å². The Morgan fingerprint density at radius 1 is 1.08 bits per heavy atom. The Hall–Kier alpha value is -2.50. The maximum absolute atomic E-state index is 12.7. The molecule has 0 fully saturated rings. The zero-order valence-electron chi connectivity index (χ0n) is 14.1. The summed E-state index contributed by atoms with van der Waals surface area (Å²) >= 11 is 0. The van der Waals surface area contributed by atoms with Crippen molar-refractivity contribution in [1.82, 2.24) is 4.90 Å². The predicted molar refractivity (Wildman–Crippen MR) is 89.1 cm³/mol. The summed E-state index contributed by atoms with van der Waals surface area (Å²) in [6, 6.07) is 15.2. The number of benzene rings is 2. The van der Waals surface area contributed by atoms with Crippen LogP contribution in [0.2, 0.25) is 0 Å². The highest BCUT2D eigenvalue weighted by atomic mass is 19.4. The van der Waals surface area contributed by atoms with E-state index in [1.807, 2.05) is 37.3 Å². The first-order valence-corrected chi connectivity index (χ1v) is 7.95. The Morgan fingerprint density at radius 3 is 2.28 bits per heavy atom. The molecule has 2 rings (SSSR count). The van der Waals surface area contributed by atoms with Gasteiger partial charge >= 0.3 is 6.36 Å². The lowest BCUT2D eigenvalue weighted by Gasteiger charge is -2.24. The summed E-state index contributed by atoms with van der Waals surface area (Å²) in [5.74, 6) is -0.764. The molecule has 0 aliphatic rings. The van der Waals surface area contributed by atoms with E-state index >= 15 is 0 Å². The smallest absolute Gasteiger partial charge is 0.405 e. The third-order valence-electron chi connectivity index (χ3n) is 3.89. The van der Waals surface area contributed by atoms with Gasteiger partial charge in [-0.15, -0.1) is 13.2 Å². The number of halogens is 3. The van der Waals surface area contributed by atoms with E-state index in [-0.39, 0.29) is 24.1 Å². The average Bonchev–Trinajstić information content (AvgIpc) is 2.57. The van der Waals surface area contributed by atoms with Crippen molar-refractivity contribution in [3.05, 3.63) is 65.7 Å². The van der Waals surface area contributed by atoms with Crippen molar-refractivity contribution >= 4 is 5.91 Å². The molecular formula is C19H20F3NO2. The molecule has 2 aromatic carbocycles. The number of carbonyl (C=O) groups is 1. The minimum absolute atomic E-state index is 0.0361. The number of ether oxygens (including phenoxy) is 1. The minimum atomic E-state index is -4.77. The van der Waals surface area contributed by atoms with Crippen LogP contribution in [-0.2, 0) is 11.3 Å². The molecule has 0 aromatic heterocycles. The third kappa shape index (κ3) is 5.24. The van der Waals surface area contributed by atoms with Gasteiger partial charge in [0.1, 0.15) is 5.75 Å². The molecule has 0 heterocycles. The molecule has 1 unspecified atom stereocenters. The lowest BCUT2D eigenvalue weighted by atomic mass is 9.95. The van der Waals surface area contributed by atoms with E-state index < -0.39 is 6.36 Å². The number of amides is 1. The van der Waals surface area contributed by atoms with E-state index in [2.05, 4.69) is 4.74 Å². The fourth-order valence-corrected chi connectivity index (χ4v) is 2.70. The second-order valence-electron chi connectivity index (χ2n) is 5.72. The molecule has 2 aromatic rings. The molecule has 0 saturated carbocycles. The summed E-state index contributed by atoms with van der Waals surface area (Å²) < 4.78 is 41.6. The lowest BCUT2D eigenvalue weighted by molar-refractivity contribution is -0.275. The molecule has 0 bridgehead atoms. The second kappa shape index (κ2) is 8.05. The normalized spacial score (nSPS) is 12.5. The summed E-state index contributed by atoms with van der Waals surface area (Å²) in [5.41, 5.74) is 1.19. The maximum Gasteiger partial charge on any atom is 0.573 e. The van der Waals surface area contributed by atoms with Crippen molar-refractivity contribution in [1.29, 1.82) is 0 Å². The fraction of sp³-hybridized carbons (Fsp3) is 0.316. The highest BCUT2D eigenvalue weighted by Gasteiger charge is 2.32. The van der Waals surface area contributed by atoms with Crippen LogP contribution in [0.1, 0.15) is 30.4 Å². The molecule has 0 saturated heterocycles. The Bertz CT molecular complexity index is 701. The van der Waals surface area contributed by atoms with Crippen LogP contribution >= 0.6 is 0 Å². The Morgan fingerprint density at radius 2 is 1.68 bits per heavy atom. The number of nitrogens with zero attached hydrogens (tertiary/aromatic N) is 1. The zero-order valence-corrected chi connectivity index (χ0v) is 14.1. The topological polar surface area (TPSA) is 29.5 Å². The van der Waals surface area contributed by atoms with Gasteiger partial charge in [-0.1, -0.05) is 55.5 Å². The van der Waals surface area contributed by atoms with Gasteiger partial charge in [0, 0.05) is 19.2 Å². The van der Waals surface area contributed by atoms with Crippen LogP contribution in [0.3, 0.4) is 0 Å². The van der Waals surface area contributed by atoms with E-state index in [0.29, 0.717) is 12.0 Å². The molecule has 25 heavy (non-hydrogen) atoms. The first-order valence-electron chi connectivity index (χ1n) is 7.95. The molecule has 1 atom stereocenters. The number of alkyl halides is 3. The zero-order chi connectivity index (χ0) is 18.4. The number of rotatable bonds is 6. The van der Waals surface area contributed by atoms with Gasteiger partial charge in [0.05, 0.1) is 5.92 Å². The number of para-hydroxylation sites is 1. The van der Waals surface area contributed by atoms with E-state index in [4.69, 9.17) is 0 Å². The Balaban J connectivity index is 2.16. The van der Waals surface area contributed by atoms with Crippen LogP contribution in [-0.4, -0.2) is 24.2 Å². The van der Waals surface area contributed by atoms with Crippen molar-refractivity contribution in [2.75, 3.05) is 7.05 Å². The standard InChI is InChI=1S/C19H20F3NO2/c1-3-16(14-9-5-4-6-10-14)18(24)23(2)13-15-11-7-8-12-17(15)25-19(20,21)22/h4-12,16H,3,13H2,1-2H3. The molecule has 1 amide bonds. The van der Waals surface area contributed by atoms with E-state index in [9.17, 15) is 18.0 Å². The van der Waals surface area contributed by atoms with Crippen LogP contribution < -0.4 is 4.74 Å². The summed E-state index contributed by atoms with van der Waals surface area (Å²) in [6.45, 7) is 1.94. The number of hydrogen-bond acceptors (Lipinski definition) is 2. The number of carbonyl (C=O) groups excluding carboxylic acids is 1. The molecule has 0 radical (unpaired) electrons. The van der Waals surface area contributed by atoms with E-state index in [1.54, 1.807) is 13.1 Å². The van der Waals surface area contributed by atoms with Gasteiger partial charge in [-0.3, -0.25) is 4.79 Å². The van der Waals surface area contributed by atoms with Crippen molar-refractivity contribution < 1.29 is 22.7 Å². The van der Waals surface area contributed by atoms with Crippen LogP contribution in [0.15, 0.2) is 54.6 Å². The minimum Gasteiger partial charge on any atom is -0.405 e. The second-order valence-corrected chi connectivity index (χ2v) is 5.72. The SMILES string of the molecule is CCC(C(=O)N(C)Cc1ccccc1OC(F)(F)F)c1ccccc1. The molecule has 0 N–H and O–H groups in total. The van der Waals surface area contributed by atoms with Crippen LogP contribution in [0.5, 0.6) is 5.75 Å². The summed E-state index contributed by atoms with van der Waals surface area (Å²) in [5, 5.41) is 0. The van der Waals surface area contributed by atoms with Crippen molar-refractivity contribution in [3.63, 3.8) is 0 Å². The first-order chi connectivity index (χ1) is 11.8. The number of hydrogen-bond donors (Lipinski definition) is 0. The molecule has 0 aliphatic carbocycles. The van der Waals surface area contributed by atoms with E-state index in [0.717, 1.165) is 5.56 Å². The average molecular weight is 351 g/mol. The van der Waals surface area contributed by atoms with Gasteiger partial charge in [-0.05, 0) is 18.1 Å². The molecule has 3 nitrogen and oxygen atoms in total. The van der Waals surface area contributed by atoms with Gasteiger partial charge < -0.3 is 9.64 Å². The van der Waals surface area contributed by atoms with Gasteiger partial charge in [0.2, 0.25) is 5.91 Å². The van der Waals surface area contributed by atoms with Crippen molar-refractivity contribution in [2.45, 2.75) is 32.2 Å². The van der Waals surface area contributed by atoms with Crippen LogP contribution in [0, 0.1) is 0 Å². The van der Waals surface area contributed by atoms with Crippen molar-refractivity contribution in [2.24, 2.45) is 0 Å². The predicted octanol–water partition coefficient (Wildman–Crippen LogP) is 4.74. The Kier molecular flexibility index (Phi) is 6.07. The summed E-state index contributed by atoms with van der Waals surface area (Å²) in [6.07, 6.45) is -4.16. The van der Waals surface area contributed by atoms with Crippen molar-refractivity contribution in [3.8, 4) is 5.75 Å². The largest absolute Gasteiger partial charge is 0.573 e. The monoisotopic (exact) mass is 351 g/mol. The molecule has 6 heteroatoms. The molecular weight excluding hydrogens is 331 g/mol. The molecule has 0 spiro atoms. The van der Waals surface area contributed by atoms with Crippen LogP contribution in [0.4, 0.5) is 13.2 Å². The molecule has 134 valence electrons. The van der Waals surface area contributed by atoms with Crippen LogP contribution in [0.25, 0.3) is 0 Å². The van der Waals surface area contributed by atoms with Gasteiger partial charge in [-0.25, -0.2) is 0 Å².